The normalized spacial score (nSPS) is 12.0. The molecule has 1 unspecified atom stereocenters. The van der Waals surface area contributed by atoms with Crippen molar-refractivity contribution in [1.82, 2.24) is 4.90 Å². The van der Waals surface area contributed by atoms with Crippen LogP contribution in [0, 0.1) is 5.92 Å². The number of ether oxygens (including phenoxy) is 1. The minimum Gasteiger partial charge on any atom is -0.468 e. The van der Waals surface area contributed by atoms with E-state index in [2.05, 4.69) is 4.74 Å². The van der Waals surface area contributed by atoms with Crippen molar-refractivity contribution in [2.75, 3.05) is 26.7 Å². The number of nitrogens with two attached hydrogens (primary N) is 1. The van der Waals surface area contributed by atoms with Crippen molar-refractivity contribution in [3.63, 3.8) is 0 Å². The molecule has 1 atom stereocenters. The standard InChI is InChI=1S/C11H22N2O3/c1-4-6-13(8-10(14)16-3)11(15)9(5-2)7-12/h9H,4-8,12H2,1-3H3. The second-order valence-electron chi connectivity index (χ2n) is 3.68. The van der Waals surface area contributed by atoms with Crippen LogP contribution in [0.1, 0.15) is 26.7 Å². The van der Waals surface area contributed by atoms with Crippen LogP contribution in [-0.4, -0.2) is 43.5 Å². The molecule has 0 saturated carbocycles. The highest BCUT2D eigenvalue weighted by Gasteiger charge is 2.23. The lowest BCUT2D eigenvalue weighted by Gasteiger charge is -2.24. The van der Waals surface area contributed by atoms with E-state index in [1.807, 2.05) is 13.8 Å². The summed E-state index contributed by atoms with van der Waals surface area (Å²) in [6.07, 6.45) is 1.50. The van der Waals surface area contributed by atoms with Crippen LogP contribution in [0.25, 0.3) is 0 Å². The number of rotatable bonds is 7. The van der Waals surface area contributed by atoms with E-state index in [0.717, 1.165) is 6.42 Å². The Balaban J connectivity index is 4.50. The van der Waals surface area contributed by atoms with E-state index in [0.29, 0.717) is 19.5 Å². The summed E-state index contributed by atoms with van der Waals surface area (Å²) < 4.78 is 4.56. The average molecular weight is 230 g/mol. The Kier molecular flexibility index (Phi) is 7.54. The smallest absolute Gasteiger partial charge is 0.325 e. The summed E-state index contributed by atoms with van der Waals surface area (Å²) in [5.74, 6) is -0.651. The number of hydrogen-bond acceptors (Lipinski definition) is 4. The summed E-state index contributed by atoms with van der Waals surface area (Å²) in [6, 6.07) is 0. The van der Waals surface area contributed by atoms with Crippen LogP contribution < -0.4 is 5.73 Å². The van der Waals surface area contributed by atoms with Crippen LogP contribution in [-0.2, 0) is 14.3 Å². The molecule has 0 radical (unpaired) electrons. The predicted molar refractivity (Wildman–Crippen MR) is 61.7 cm³/mol. The Morgan fingerprint density at radius 1 is 1.38 bits per heavy atom. The summed E-state index contributed by atoms with van der Waals surface area (Å²) in [7, 11) is 1.32. The van der Waals surface area contributed by atoms with Crippen molar-refractivity contribution in [2.24, 2.45) is 11.7 Å². The third kappa shape index (κ3) is 4.61. The zero-order chi connectivity index (χ0) is 12.6. The van der Waals surface area contributed by atoms with Gasteiger partial charge in [-0.15, -0.1) is 0 Å². The van der Waals surface area contributed by atoms with Gasteiger partial charge in [-0.25, -0.2) is 0 Å². The molecule has 2 N–H and O–H groups in total. The van der Waals surface area contributed by atoms with Gasteiger partial charge in [-0.1, -0.05) is 13.8 Å². The van der Waals surface area contributed by atoms with Crippen molar-refractivity contribution in [3.05, 3.63) is 0 Å². The van der Waals surface area contributed by atoms with E-state index in [1.54, 1.807) is 0 Å². The molecule has 0 aromatic heterocycles. The SMILES string of the molecule is CCCN(CC(=O)OC)C(=O)C(CC)CN. The van der Waals surface area contributed by atoms with Gasteiger partial charge in [0.25, 0.3) is 0 Å². The second-order valence-corrected chi connectivity index (χ2v) is 3.68. The maximum absolute atomic E-state index is 12.0. The highest BCUT2D eigenvalue weighted by atomic mass is 16.5. The van der Waals surface area contributed by atoms with Crippen LogP contribution in [0.3, 0.4) is 0 Å². The van der Waals surface area contributed by atoms with Crippen LogP contribution in [0.4, 0.5) is 0 Å². The fourth-order valence-electron chi connectivity index (χ4n) is 1.46. The maximum Gasteiger partial charge on any atom is 0.325 e. The quantitative estimate of drug-likeness (QED) is 0.642. The summed E-state index contributed by atoms with van der Waals surface area (Å²) in [4.78, 5) is 24.7. The predicted octanol–water partition coefficient (Wildman–Crippen LogP) is 0.383. The lowest BCUT2D eigenvalue weighted by atomic mass is 10.1. The molecule has 0 aliphatic carbocycles. The number of nitrogens with zero attached hydrogens (tertiary/aromatic N) is 1. The number of carbonyl (C=O) groups is 2. The lowest BCUT2D eigenvalue weighted by Crippen LogP contribution is -2.42. The number of hydrogen-bond donors (Lipinski definition) is 1. The van der Waals surface area contributed by atoms with Crippen molar-refractivity contribution >= 4 is 11.9 Å². The molecule has 0 bridgehead atoms. The molecule has 0 aromatic carbocycles. The van der Waals surface area contributed by atoms with E-state index in [4.69, 9.17) is 5.73 Å². The molecular formula is C11H22N2O3. The summed E-state index contributed by atoms with van der Waals surface area (Å²) in [6.45, 7) is 4.76. The molecule has 0 heterocycles. The van der Waals surface area contributed by atoms with Gasteiger partial charge in [-0.3, -0.25) is 9.59 Å². The Hall–Kier alpha value is -1.10. The van der Waals surface area contributed by atoms with E-state index in [-0.39, 0.29) is 18.4 Å². The molecule has 0 aromatic rings. The van der Waals surface area contributed by atoms with Gasteiger partial charge in [0.15, 0.2) is 0 Å². The number of methoxy groups -OCH3 is 1. The summed E-state index contributed by atoms with van der Waals surface area (Å²) >= 11 is 0. The van der Waals surface area contributed by atoms with Gasteiger partial charge in [-0.05, 0) is 12.8 Å². The van der Waals surface area contributed by atoms with Crippen molar-refractivity contribution in [1.29, 1.82) is 0 Å². The molecule has 0 fully saturated rings. The molecule has 94 valence electrons. The third-order valence-corrected chi connectivity index (χ3v) is 2.48. The molecule has 5 heteroatoms. The minimum absolute atomic E-state index is 0.0136. The van der Waals surface area contributed by atoms with Crippen molar-refractivity contribution in [3.8, 4) is 0 Å². The Bertz CT molecular complexity index is 227. The van der Waals surface area contributed by atoms with E-state index >= 15 is 0 Å². The van der Waals surface area contributed by atoms with Crippen LogP contribution >= 0.6 is 0 Å². The van der Waals surface area contributed by atoms with Crippen LogP contribution in [0.2, 0.25) is 0 Å². The first-order valence-electron chi connectivity index (χ1n) is 5.66. The zero-order valence-electron chi connectivity index (χ0n) is 10.4. The Labute approximate surface area is 96.9 Å². The van der Waals surface area contributed by atoms with Gasteiger partial charge < -0.3 is 15.4 Å². The second kappa shape index (κ2) is 8.10. The molecule has 1 amide bonds. The lowest BCUT2D eigenvalue weighted by molar-refractivity contribution is -0.148. The van der Waals surface area contributed by atoms with Crippen molar-refractivity contribution < 1.29 is 14.3 Å². The Morgan fingerprint density at radius 2 is 2.00 bits per heavy atom. The van der Waals surface area contributed by atoms with E-state index in [9.17, 15) is 9.59 Å². The van der Waals surface area contributed by atoms with Gasteiger partial charge in [0, 0.05) is 13.1 Å². The van der Waals surface area contributed by atoms with Gasteiger partial charge >= 0.3 is 5.97 Å². The topological polar surface area (TPSA) is 72.6 Å². The first kappa shape index (κ1) is 14.9. The van der Waals surface area contributed by atoms with Gasteiger partial charge in [0.1, 0.15) is 6.54 Å². The molecular weight excluding hydrogens is 208 g/mol. The van der Waals surface area contributed by atoms with Crippen LogP contribution in [0.5, 0.6) is 0 Å². The van der Waals surface area contributed by atoms with Crippen LogP contribution in [0.15, 0.2) is 0 Å². The zero-order valence-corrected chi connectivity index (χ0v) is 10.4. The largest absolute Gasteiger partial charge is 0.468 e. The van der Waals surface area contributed by atoms with Crippen molar-refractivity contribution in [2.45, 2.75) is 26.7 Å². The molecule has 16 heavy (non-hydrogen) atoms. The van der Waals surface area contributed by atoms with E-state index < -0.39 is 5.97 Å². The highest BCUT2D eigenvalue weighted by molar-refractivity contribution is 5.83. The van der Waals surface area contributed by atoms with E-state index in [1.165, 1.54) is 12.0 Å². The molecule has 0 saturated heterocycles. The fourth-order valence-corrected chi connectivity index (χ4v) is 1.46. The van der Waals surface area contributed by atoms with Gasteiger partial charge in [0.2, 0.25) is 5.91 Å². The third-order valence-electron chi connectivity index (χ3n) is 2.48. The molecule has 0 aliphatic rings. The maximum atomic E-state index is 12.0. The summed E-state index contributed by atoms with van der Waals surface area (Å²) in [5, 5.41) is 0. The highest BCUT2D eigenvalue weighted by Crippen LogP contribution is 2.07. The monoisotopic (exact) mass is 230 g/mol. The van der Waals surface area contributed by atoms with Gasteiger partial charge in [0.05, 0.1) is 13.0 Å². The first-order valence-corrected chi connectivity index (χ1v) is 5.66. The summed E-state index contributed by atoms with van der Waals surface area (Å²) in [5.41, 5.74) is 5.52. The molecule has 5 nitrogen and oxygen atoms in total. The molecule has 0 aliphatic heterocycles. The number of amides is 1. The first-order chi connectivity index (χ1) is 7.60. The number of esters is 1. The number of carbonyl (C=O) groups excluding carboxylic acids is 2. The Morgan fingerprint density at radius 3 is 2.38 bits per heavy atom. The molecule has 0 spiro atoms. The average Bonchev–Trinajstić information content (AvgIpc) is 2.29. The fraction of sp³-hybridized carbons (Fsp3) is 0.818. The minimum atomic E-state index is -0.395. The van der Waals surface area contributed by atoms with Gasteiger partial charge in [-0.2, -0.15) is 0 Å². The molecule has 0 rings (SSSR count).